The molecule has 2 N–H and O–H groups in total. The molecule has 1 aliphatic heterocycles. The summed E-state index contributed by atoms with van der Waals surface area (Å²) in [6.07, 6.45) is 2.77. The molecule has 22 heavy (non-hydrogen) atoms. The van der Waals surface area contributed by atoms with E-state index in [0.717, 1.165) is 30.3 Å². The maximum Gasteiger partial charge on any atom is 0.303 e. The number of para-hydroxylation sites is 1. The summed E-state index contributed by atoms with van der Waals surface area (Å²) < 4.78 is 0. The van der Waals surface area contributed by atoms with Crippen LogP contribution in [-0.2, 0) is 4.79 Å². The summed E-state index contributed by atoms with van der Waals surface area (Å²) in [7, 11) is 0. The van der Waals surface area contributed by atoms with Crippen LogP contribution in [0.25, 0.3) is 10.9 Å². The van der Waals surface area contributed by atoms with E-state index in [1.54, 1.807) is 0 Å². The standard InChI is InChI=1S/C17H20N2O3/c20-16(21)8-7-12-4-3-9-19(11-12)17(22)15-10-13-5-1-2-6-14(13)18-15/h1-2,5-6,10,12,18H,3-4,7-9,11H2,(H,20,21)/t12-/m1/s1. The third-order valence-electron chi connectivity index (χ3n) is 4.33. The van der Waals surface area contributed by atoms with Gasteiger partial charge in [-0.25, -0.2) is 0 Å². The third-order valence-corrected chi connectivity index (χ3v) is 4.33. The summed E-state index contributed by atoms with van der Waals surface area (Å²) in [5, 5.41) is 9.82. The molecule has 0 radical (unpaired) electrons. The van der Waals surface area contributed by atoms with Crippen molar-refractivity contribution in [1.29, 1.82) is 0 Å². The number of aromatic nitrogens is 1. The number of amides is 1. The Balaban J connectivity index is 1.69. The lowest BCUT2D eigenvalue weighted by Gasteiger charge is -2.32. The van der Waals surface area contributed by atoms with Gasteiger partial charge in [0.1, 0.15) is 5.69 Å². The molecule has 2 aromatic rings. The highest BCUT2D eigenvalue weighted by atomic mass is 16.4. The van der Waals surface area contributed by atoms with Crippen LogP contribution in [-0.4, -0.2) is 40.0 Å². The van der Waals surface area contributed by atoms with E-state index in [9.17, 15) is 9.59 Å². The number of aromatic amines is 1. The second kappa shape index (κ2) is 6.22. The van der Waals surface area contributed by atoms with E-state index in [1.165, 1.54) is 0 Å². The van der Waals surface area contributed by atoms with E-state index < -0.39 is 5.97 Å². The highest BCUT2D eigenvalue weighted by Gasteiger charge is 2.25. The van der Waals surface area contributed by atoms with E-state index in [0.29, 0.717) is 18.7 Å². The molecule has 0 saturated carbocycles. The number of nitrogens with one attached hydrogen (secondary N) is 1. The van der Waals surface area contributed by atoms with Crippen LogP contribution in [0.1, 0.15) is 36.2 Å². The Morgan fingerprint density at radius 2 is 2.14 bits per heavy atom. The summed E-state index contributed by atoms with van der Waals surface area (Å²) in [5.74, 6) is -0.464. The molecule has 1 fully saturated rings. The lowest BCUT2D eigenvalue weighted by atomic mass is 9.93. The fourth-order valence-corrected chi connectivity index (χ4v) is 3.17. The van der Waals surface area contributed by atoms with E-state index in [1.807, 2.05) is 35.2 Å². The Labute approximate surface area is 128 Å². The number of nitrogens with zero attached hydrogens (tertiary/aromatic N) is 1. The van der Waals surface area contributed by atoms with Gasteiger partial charge in [0, 0.05) is 30.4 Å². The van der Waals surface area contributed by atoms with E-state index in [-0.39, 0.29) is 18.2 Å². The van der Waals surface area contributed by atoms with E-state index in [4.69, 9.17) is 5.11 Å². The van der Waals surface area contributed by atoms with Crippen molar-refractivity contribution in [3.63, 3.8) is 0 Å². The van der Waals surface area contributed by atoms with Gasteiger partial charge in [-0.1, -0.05) is 18.2 Å². The number of hydrogen-bond donors (Lipinski definition) is 2. The quantitative estimate of drug-likeness (QED) is 0.912. The molecule has 3 rings (SSSR count). The molecular formula is C17H20N2O3. The number of aliphatic carboxylic acids is 1. The van der Waals surface area contributed by atoms with Gasteiger partial charge < -0.3 is 15.0 Å². The van der Waals surface area contributed by atoms with Crippen LogP contribution in [0.3, 0.4) is 0 Å². The monoisotopic (exact) mass is 300 g/mol. The van der Waals surface area contributed by atoms with Gasteiger partial charge in [0.25, 0.3) is 5.91 Å². The van der Waals surface area contributed by atoms with Crippen molar-refractivity contribution < 1.29 is 14.7 Å². The van der Waals surface area contributed by atoms with Gasteiger partial charge in [-0.2, -0.15) is 0 Å². The lowest BCUT2D eigenvalue weighted by molar-refractivity contribution is -0.137. The van der Waals surface area contributed by atoms with Crippen molar-refractivity contribution >= 4 is 22.8 Å². The van der Waals surface area contributed by atoms with Gasteiger partial charge in [0.05, 0.1) is 0 Å². The Hall–Kier alpha value is -2.30. The van der Waals surface area contributed by atoms with E-state index in [2.05, 4.69) is 4.98 Å². The predicted octanol–water partition coefficient (Wildman–Crippen LogP) is 2.88. The molecule has 116 valence electrons. The average molecular weight is 300 g/mol. The van der Waals surface area contributed by atoms with Crippen LogP contribution in [0.4, 0.5) is 0 Å². The summed E-state index contributed by atoms with van der Waals surface area (Å²) in [4.78, 5) is 28.3. The zero-order valence-electron chi connectivity index (χ0n) is 12.4. The summed E-state index contributed by atoms with van der Waals surface area (Å²) in [6, 6.07) is 9.72. The number of carboxylic acid groups (broad SMARTS) is 1. The minimum absolute atomic E-state index is 0.0104. The molecule has 1 aromatic heterocycles. The Bertz CT molecular complexity index is 659. The third kappa shape index (κ3) is 3.13. The molecule has 1 aliphatic rings. The number of H-pyrrole nitrogens is 1. The van der Waals surface area contributed by atoms with Crippen LogP contribution in [0, 0.1) is 5.92 Å². The fourth-order valence-electron chi connectivity index (χ4n) is 3.17. The molecule has 2 heterocycles. The first kappa shape index (κ1) is 14.6. The first-order valence-electron chi connectivity index (χ1n) is 7.72. The van der Waals surface area contributed by atoms with Crippen molar-refractivity contribution in [2.24, 2.45) is 5.92 Å². The van der Waals surface area contributed by atoms with Gasteiger partial charge in [-0.15, -0.1) is 0 Å². The zero-order chi connectivity index (χ0) is 15.5. The topological polar surface area (TPSA) is 73.4 Å². The number of rotatable bonds is 4. The van der Waals surface area contributed by atoms with Crippen LogP contribution >= 0.6 is 0 Å². The van der Waals surface area contributed by atoms with Gasteiger partial charge in [0.2, 0.25) is 0 Å². The molecular weight excluding hydrogens is 280 g/mol. The summed E-state index contributed by atoms with van der Waals surface area (Å²) in [5.41, 5.74) is 1.57. The number of likely N-dealkylation sites (tertiary alicyclic amines) is 1. The van der Waals surface area contributed by atoms with Gasteiger partial charge in [-0.05, 0) is 37.3 Å². The van der Waals surface area contributed by atoms with E-state index >= 15 is 0 Å². The number of fused-ring (bicyclic) bond motifs is 1. The fraction of sp³-hybridized carbons (Fsp3) is 0.412. The predicted molar refractivity (Wildman–Crippen MR) is 83.8 cm³/mol. The Morgan fingerprint density at radius 3 is 2.91 bits per heavy atom. The second-order valence-corrected chi connectivity index (χ2v) is 5.96. The van der Waals surface area contributed by atoms with Gasteiger partial charge in [-0.3, -0.25) is 9.59 Å². The number of benzene rings is 1. The Kier molecular flexibility index (Phi) is 4.13. The highest BCUT2D eigenvalue weighted by molar-refractivity contribution is 5.98. The first-order valence-corrected chi connectivity index (χ1v) is 7.72. The zero-order valence-corrected chi connectivity index (χ0v) is 12.4. The van der Waals surface area contributed by atoms with Crippen molar-refractivity contribution in [1.82, 2.24) is 9.88 Å². The number of carboxylic acids is 1. The van der Waals surface area contributed by atoms with Crippen LogP contribution in [0.5, 0.6) is 0 Å². The minimum Gasteiger partial charge on any atom is -0.481 e. The SMILES string of the molecule is O=C(O)CC[C@H]1CCCN(C(=O)c2cc3ccccc3[nH]2)C1. The molecule has 5 nitrogen and oxygen atoms in total. The molecule has 1 amide bonds. The lowest BCUT2D eigenvalue weighted by Crippen LogP contribution is -2.40. The maximum atomic E-state index is 12.6. The number of hydrogen-bond acceptors (Lipinski definition) is 2. The largest absolute Gasteiger partial charge is 0.481 e. The van der Waals surface area contributed by atoms with Crippen molar-refractivity contribution in [2.75, 3.05) is 13.1 Å². The molecule has 0 spiro atoms. The van der Waals surface area contributed by atoms with Gasteiger partial charge in [0.15, 0.2) is 0 Å². The van der Waals surface area contributed by atoms with Gasteiger partial charge >= 0.3 is 5.97 Å². The molecule has 0 bridgehead atoms. The molecule has 0 aliphatic carbocycles. The van der Waals surface area contributed by atoms with Crippen molar-refractivity contribution in [2.45, 2.75) is 25.7 Å². The summed E-state index contributed by atoms with van der Waals surface area (Å²) in [6.45, 7) is 1.40. The Morgan fingerprint density at radius 1 is 1.32 bits per heavy atom. The summed E-state index contributed by atoms with van der Waals surface area (Å²) >= 11 is 0. The molecule has 5 heteroatoms. The van der Waals surface area contributed by atoms with Crippen LogP contribution in [0.15, 0.2) is 30.3 Å². The highest BCUT2D eigenvalue weighted by Crippen LogP contribution is 2.23. The molecule has 1 atom stereocenters. The van der Waals surface area contributed by atoms with Crippen LogP contribution < -0.4 is 0 Å². The number of carbonyl (C=O) groups is 2. The average Bonchev–Trinajstić information content (AvgIpc) is 2.96. The molecule has 0 unspecified atom stereocenters. The molecule has 1 aromatic carbocycles. The maximum absolute atomic E-state index is 12.6. The molecule has 1 saturated heterocycles. The minimum atomic E-state index is -0.765. The van der Waals surface area contributed by atoms with Crippen molar-refractivity contribution in [3.05, 3.63) is 36.0 Å². The van der Waals surface area contributed by atoms with Crippen LogP contribution in [0.2, 0.25) is 0 Å². The normalized spacial score (nSPS) is 18.5. The first-order chi connectivity index (χ1) is 10.6. The second-order valence-electron chi connectivity index (χ2n) is 5.96. The smallest absolute Gasteiger partial charge is 0.303 e. The number of carbonyl (C=O) groups excluding carboxylic acids is 1. The van der Waals surface area contributed by atoms with Crippen molar-refractivity contribution in [3.8, 4) is 0 Å². The number of piperidine rings is 1.